The fraction of sp³-hybridized carbons (Fsp3) is 0.577. The molecule has 0 N–H and O–H groups in total. The van der Waals surface area contributed by atoms with Crippen LogP contribution in [0.1, 0.15) is 55.5 Å². The lowest BCUT2D eigenvalue weighted by Crippen LogP contribution is -2.44. The highest BCUT2D eigenvalue weighted by Crippen LogP contribution is 2.24. The molecule has 1 atom stereocenters. The van der Waals surface area contributed by atoms with E-state index in [2.05, 4.69) is 22.1 Å². The molecule has 0 aliphatic carbocycles. The van der Waals surface area contributed by atoms with E-state index in [0.29, 0.717) is 38.6 Å². The summed E-state index contributed by atoms with van der Waals surface area (Å²) in [4.78, 5) is 30.1. The highest BCUT2D eigenvalue weighted by atomic mass is 16.5. The molecule has 2 aliphatic rings. The van der Waals surface area contributed by atoms with Crippen LogP contribution in [0.3, 0.4) is 0 Å². The minimum atomic E-state index is 0.00571. The van der Waals surface area contributed by atoms with Gasteiger partial charge in [0.05, 0.1) is 12.2 Å². The van der Waals surface area contributed by atoms with Crippen molar-refractivity contribution in [3.63, 3.8) is 0 Å². The van der Waals surface area contributed by atoms with E-state index in [-0.39, 0.29) is 18.4 Å². The molecule has 4 rings (SSSR count). The Morgan fingerprint density at radius 3 is 2.76 bits per heavy atom. The molecule has 1 aromatic heterocycles. The topological polar surface area (TPSA) is 67.7 Å². The minimum absolute atomic E-state index is 0.00571. The maximum absolute atomic E-state index is 13.1. The predicted molar refractivity (Wildman–Crippen MR) is 127 cm³/mol. The number of fused-ring (bicyclic) bond motifs is 3. The zero-order valence-corrected chi connectivity index (χ0v) is 20.0. The van der Waals surface area contributed by atoms with Crippen LogP contribution in [0.2, 0.25) is 0 Å². The summed E-state index contributed by atoms with van der Waals surface area (Å²) in [5.41, 5.74) is 3.11. The summed E-state index contributed by atoms with van der Waals surface area (Å²) in [6.45, 7) is 6.41. The van der Waals surface area contributed by atoms with Crippen molar-refractivity contribution < 1.29 is 14.3 Å². The second kappa shape index (κ2) is 10.9. The van der Waals surface area contributed by atoms with Crippen molar-refractivity contribution in [2.75, 3.05) is 26.2 Å². The standard InChI is InChI=1S/C26H36N4O3/c1-20-17-21(2)30(27-20)19-26(32)28-13-6-10-25(31)29-14-4-3-8-23(29)12-11-22-7-5-9-24(18-22)33-16-15-28/h5,7,9,17-18,23H,3-4,6,8,10-16,19H2,1-2H3. The van der Waals surface area contributed by atoms with Crippen LogP contribution in [0.4, 0.5) is 0 Å². The van der Waals surface area contributed by atoms with Gasteiger partial charge in [-0.3, -0.25) is 14.3 Å². The van der Waals surface area contributed by atoms with Crippen LogP contribution in [0.5, 0.6) is 5.75 Å². The summed E-state index contributed by atoms with van der Waals surface area (Å²) in [7, 11) is 0. The van der Waals surface area contributed by atoms with Crippen molar-refractivity contribution in [3.05, 3.63) is 47.3 Å². The summed E-state index contributed by atoms with van der Waals surface area (Å²) in [5, 5.41) is 4.43. The fourth-order valence-corrected chi connectivity index (χ4v) is 5.02. The van der Waals surface area contributed by atoms with Gasteiger partial charge in [0.15, 0.2) is 0 Å². The van der Waals surface area contributed by atoms with Gasteiger partial charge in [0, 0.05) is 31.2 Å². The van der Waals surface area contributed by atoms with Crippen LogP contribution < -0.4 is 4.74 Å². The van der Waals surface area contributed by atoms with Gasteiger partial charge in [0.25, 0.3) is 0 Å². The van der Waals surface area contributed by atoms with Gasteiger partial charge < -0.3 is 14.5 Å². The van der Waals surface area contributed by atoms with Crippen LogP contribution in [0, 0.1) is 13.8 Å². The number of amides is 2. The Balaban J connectivity index is 1.49. The Morgan fingerprint density at radius 2 is 1.94 bits per heavy atom. The van der Waals surface area contributed by atoms with Crippen molar-refractivity contribution in [3.8, 4) is 5.75 Å². The number of aryl methyl sites for hydroxylation is 3. The molecular weight excluding hydrogens is 416 g/mol. The van der Waals surface area contributed by atoms with E-state index in [1.165, 1.54) is 12.0 Å². The van der Waals surface area contributed by atoms with Crippen molar-refractivity contribution in [1.82, 2.24) is 19.6 Å². The normalized spacial score (nSPS) is 20.4. The molecular formula is C26H36N4O3. The molecule has 0 saturated carbocycles. The average Bonchev–Trinajstić information content (AvgIpc) is 3.12. The van der Waals surface area contributed by atoms with Crippen LogP contribution >= 0.6 is 0 Å². The van der Waals surface area contributed by atoms with E-state index in [1.54, 1.807) is 4.68 Å². The fourth-order valence-electron chi connectivity index (χ4n) is 5.02. The SMILES string of the molecule is Cc1cc(C)n(CC(=O)N2CCCC(=O)N3CCCCC3CCc3cccc(c3)OCC2)n1. The van der Waals surface area contributed by atoms with Crippen molar-refractivity contribution in [2.24, 2.45) is 0 Å². The first kappa shape index (κ1) is 23.3. The number of hydrogen-bond donors (Lipinski definition) is 0. The van der Waals surface area contributed by atoms with Gasteiger partial charge in [0.2, 0.25) is 11.8 Å². The molecule has 7 nitrogen and oxygen atoms in total. The number of carbonyl (C=O) groups is 2. The molecule has 33 heavy (non-hydrogen) atoms. The van der Waals surface area contributed by atoms with Gasteiger partial charge in [-0.2, -0.15) is 5.10 Å². The molecule has 2 aliphatic heterocycles. The van der Waals surface area contributed by atoms with E-state index in [4.69, 9.17) is 4.74 Å². The predicted octanol–water partition coefficient (Wildman–Crippen LogP) is 3.52. The lowest BCUT2D eigenvalue weighted by molar-refractivity contribution is -0.136. The van der Waals surface area contributed by atoms with E-state index in [9.17, 15) is 9.59 Å². The second-order valence-corrected chi connectivity index (χ2v) is 9.34. The molecule has 3 heterocycles. The number of benzene rings is 1. The van der Waals surface area contributed by atoms with Gasteiger partial charge in [-0.25, -0.2) is 0 Å². The lowest BCUT2D eigenvalue weighted by atomic mass is 9.95. The number of carbonyl (C=O) groups excluding carboxylic acids is 2. The highest BCUT2D eigenvalue weighted by Gasteiger charge is 2.26. The first-order chi connectivity index (χ1) is 16.0. The highest BCUT2D eigenvalue weighted by molar-refractivity contribution is 5.77. The molecule has 178 valence electrons. The molecule has 2 bridgehead atoms. The summed E-state index contributed by atoms with van der Waals surface area (Å²) < 4.78 is 7.77. The lowest BCUT2D eigenvalue weighted by Gasteiger charge is -2.36. The smallest absolute Gasteiger partial charge is 0.244 e. The minimum Gasteiger partial charge on any atom is -0.492 e. The second-order valence-electron chi connectivity index (χ2n) is 9.34. The van der Waals surface area contributed by atoms with E-state index in [1.807, 2.05) is 36.9 Å². The van der Waals surface area contributed by atoms with E-state index in [0.717, 1.165) is 49.4 Å². The summed E-state index contributed by atoms with van der Waals surface area (Å²) in [5.74, 6) is 1.07. The zero-order chi connectivity index (χ0) is 23.2. The molecule has 7 heteroatoms. The summed E-state index contributed by atoms with van der Waals surface area (Å²) in [6.07, 6.45) is 6.43. The third-order valence-electron chi connectivity index (χ3n) is 6.80. The van der Waals surface area contributed by atoms with Gasteiger partial charge in [-0.15, -0.1) is 0 Å². The van der Waals surface area contributed by atoms with Gasteiger partial charge in [-0.05, 0) is 76.1 Å². The molecule has 1 fully saturated rings. The van der Waals surface area contributed by atoms with Crippen LogP contribution in [-0.2, 0) is 22.6 Å². The summed E-state index contributed by atoms with van der Waals surface area (Å²) >= 11 is 0. The number of aromatic nitrogens is 2. The van der Waals surface area contributed by atoms with Crippen LogP contribution in [0.25, 0.3) is 0 Å². The Kier molecular flexibility index (Phi) is 7.68. The van der Waals surface area contributed by atoms with Crippen LogP contribution in [0.15, 0.2) is 30.3 Å². The zero-order valence-electron chi connectivity index (χ0n) is 20.0. The van der Waals surface area contributed by atoms with Crippen molar-refractivity contribution in [1.29, 1.82) is 0 Å². The Labute approximate surface area is 196 Å². The number of rotatable bonds is 2. The maximum atomic E-state index is 13.1. The molecule has 1 unspecified atom stereocenters. The largest absolute Gasteiger partial charge is 0.492 e. The Morgan fingerprint density at radius 1 is 1.06 bits per heavy atom. The molecule has 1 saturated heterocycles. The Hall–Kier alpha value is -2.83. The third-order valence-corrected chi connectivity index (χ3v) is 6.80. The molecule has 2 amide bonds. The third kappa shape index (κ3) is 6.15. The van der Waals surface area contributed by atoms with Gasteiger partial charge in [-0.1, -0.05) is 12.1 Å². The average molecular weight is 453 g/mol. The molecule has 2 aromatic rings. The number of hydrogen-bond acceptors (Lipinski definition) is 4. The van der Waals surface area contributed by atoms with Crippen molar-refractivity contribution in [2.45, 2.75) is 71.4 Å². The molecule has 1 aromatic carbocycles. The maximum Gasteiger partial charge on any atom is 0.244 e. The van der Waals surface area contributed by atoms with Gasteiger partial charge >= 0.3 is 0 Å². The van der Waals surface area contributed by atoms with E-state index >= 15 is 0 Å². The van der Waals surface area contributed by atoms with E-state index < -0.39 is 0 Å². The van der Waals surface area contributed by atoms with Gasteiger partial charge in [0.1, 0.15) is 18.9 Å². The van der Waals surface area contributed by atoms with Crippen molar-refractivity contribution >= 4 is 11.8 Å². The molecule has 0 spiro atoms. The number of piperidine rings is 1. The number of nitrogens with zero attached hydrogens (tertiary/aromatic N) is 4. The first-order valence-electron chi connectivity index (χ1n) is 12.3. The summed E-state index contributed by atoms with van der Waals surface area (Å²) in [6, 6.07) is 10.5. The Bertz CT molecular complexity index is 970. The first-order valence-corrected chi connectivity index (χ1v) is 12.3. The molecule has 0 radical (unpaired) electrons. The quantitative estimate of drug-likeness (QED) is 0.699. The van der Waals surface area contributed by atoms with Crippen LogP contribution in [-0.4, -0.2) is 63.7 Å². The number of ether oxygens (including phenoxy) is 1. The monoisotopic (exact) mass is 452 g/mol.